The van der Waals surface area contributed by atoms with Gasteiger partial charge in [-0.05, 0) is 43.2 Å². The van der Waals surface area contributed by atoms with E-state index in [1.165, 1.54) is 0 Å². The Morgan fingerprint density at radius 3 is 2.68 bits per heavy atom. The molecule has 0 radical (unpaired) electrons. The highest BCUT2D eigenvalue weighted by atomic mass is 16.5. The molecule has 0 spiro atoms. The zero-order valence-corrected chi connectivity index (χ0v) is 15.7. The van der Waals surface area contributed by atoms with Gasteiger partial charge in [0, 0.05) is 17.4 Å². The summed E-state index contributed by atoms with van der Waals surface area (Å²) in [4.78, 5) is 17.0. The van der Waals surface area contributed by atoms with Crippen LogP contribution in [0, 0.1) is 13.8 Å². The van der Waals surface area contributed by atoms with Crippen LogP contribution >= 0.6 is 0 Å². The molecular formula is C22H20N4O2. The Morgan fingerprint density at radius 2 is 1.86 bits per heavy atom. The highest BCUT2D eigenvalue weighted by Gasteiger charge is 2.16. The van der Waals surface area contributed by atoms with Crippen LogP contribution in [0.15, 0.2) is 71.4 Å². The minimum atomic E-state index is -0.117. The molecular weight excluding hydrogens is 352 g/mol. The van der Waals surface area contributed by atoms with Gasteiger partial charge in [-0.15, -0.1) is 0 Å². The zero-order valence-electron chi connectivity index (χ0n) is 15.7. The third kappa shape index (κ3) is 3.57. The van der Waals surface area contributed by atoms with E-state index in [2.05, 4.69) is 15.5 Å². The number of carbonyl (C=O) groups excluding carboxylic acids is 1. The SMILES string of the molecule is Cc1cccc(NC(=O)Cn2cccc2-c2nc(-c3ccccc3)no2)c1C. The molecule has 0 aliphatic carbocycles. The van der Waals surface area contributed by atoms with Crippen LogP contribution in [0.5, 0.6) is 0 Å². The van der Waals surface area contributed by atoms with Crippen LogP contribution in [0.1, 0.15) is 11.1 Å². The number of hydrogen-bond donors (Lipinski definition) is 1. The first kappa shape index (κ1) is 17.7. The van der Waals surface area contributed by atoms with E-state index in [1.807, 2.05) is 80.7 Å². The molecule has 2 aromatic carbocycles. The third-order valence-electron chi connectivity index (χ3n) is 4.70. The van der Waals surface area contributed by atoms with Gasteiger partial charge in [-0.3, -0.25) is 4.79 Å². The number of hydrogen-bond acceptors (Lipinski definition) is 4. The van der Waals surface area contributed by atoms with Crippen molar-refractivity contribution in [2.45, 2.75) is 20.4 Å². The first-order chi connectivity index (χ1) is 13.6. The molecule has 4 aromatic rings. The second kappa shape index (κ2) is 7.52. The van der Waals surface area contributed by atoms with Gasteiger partial charge in [0.15, 0.2) is 0 Å². The molecule has 4 rings (SSSR count). The van der Waals surface area contributed by atoms with Gasteiger partial charge in [-0.1, -0.05) is 47.6 Å². The summed E-state index contributed by atoms with van der Waals surface area (Å²) in [5.41, 5.74) is 4.60. The Bertz CT molecular complexity index is 1110. The van der Waals surface area contributed by atoms with E-state index in [0.29, 0.717) is 17.4 Å². The number of nitrogens with zero attached hydrogens (tertiary/aromatic N) is 3. The van der Waals surface area contributed by atoms with Crippen molar-refractivity contribution >= 4 is 11.6 Å². The Morgan fingerprint density at radius 1 is 1.04 bits per heavy atom. The lowest BCUT2D eigenvalue weighted by Crippen LogP contribution is -2.19. The van der Waals surface area contributed by atoms with Gasteiger partial charge in [0.2, 0.25) is 11.7 Å². The van der Waals surface area contributed by atoms with Gasteiger partial charge in [0.05, 0.1) is 0 Å². The minimum Gasteiger partial charge on any atom is -0.334 e. The summed E-state index contributed by atoms with van der Waals surface area (Å²) in [6.45, 7) is 4.17. The van der Waals surface area contributed by atoms with E-state index in [0.717, 1.165) is 22.4 Å². The first-order valence-electron chi connectivity index (χ1n) is 9.02. The Labute approximate surface area is 162 Å². The van der Waals surface area contributed by atoms with E-state index in [1.54, 1.807) is 4.57 Å². The molecule has 2 aromatic heterocycles. The first-order valence-corrected chi connectivity index (χ1v) is 9.02. The van der Waals surface area contributed by atoms with Crippen molar-refractivity contribution in [2.75, 3.05) is 5.32 Å². The van der Waals surface area contributed by atoms with Gasteiger partial charge < -0.3 is 14.4 Å². The number of anilines is 1. The minimum absolute atomic E-state index is 0.117. The molecule has 0 bridgehead atoms. The van der Waals surface area contributed by atoms with Crippen molar-refractivity contribution in [1.29, 1.82) is 0 Å². The molecule has 2 heterocycles. The van der Waals surface area contributed by atoms with Crippen molar-refractivity contribution in [3.8, 4) is 23.0 Å². The maximum atomic E-state index is 12.6. The van der Waals surface area contributed by atoms with Crippen molar-refractivity contribution in [3.63, 3.8) is 0 Å². The Balaban J connectivity index is 1.53. The van der Waals surface area contributed by atoms with Crippen LogP contribution in [0.25, 0.3) is 23.0 Å². The monoisotopic (exact) mass is 372 g/mol. The molecule has 0 aliphatic rings. The maximum Gasteiger partial charge on any atom is 0.274 e. The smallest absolute Gasteiger partial charge is 0.274 e. The van der Waals surface area contributed by atoms with Gasteiger partial charge in [-0.2, -0.15) is 4.98 Å². The standard InChI is InChI=1S/C22H20N4O2/c1-15-8-6-11-18(16(15)2)23-20(27)14-26-13-7-12-19(26)22-24-21(25-28-22)17-9-4-3-5-10-17/h3-13H,14H2,1-2H3,(H,23,27). The van der Waals surface area contributed by atoms with E-state index >= 15 is 0 Å². The van der Waals surface area contributed by atoms with Crippen LogP contribution in [-0.2, 0) is 11.3 Å². The average Bonchev–Trinajstić information content (AvgIpc) is 3.35. The molecule has 140 valence electrons. The molecule has 0 atom stereocenters. The van der Waals surface area contributed by atoms with Crippen molar-refractivity contribution in [2.24, 2.45) is 0 Å². The van der Waals surface area contributed by atoms with Crippen LogP contribution in [0.4, 0.5) is 5.69 Å². The molecule has 6 nitrogen and oxygen atoms in total. The molecule has 0 saturated carbocycles. The quantitative estimate of drug-likeness (QED) is 0.561. The van der Waals surface area contributed by atoms with Gasteiger partial charge in [0.1, 0.15) is 12.2 Å². The van der Waals surface area contributed by atoms with Crippen molar-refractivity contribution in [3.05, 3.63) is 78.0 Å². The highest BCUT2D eigenvalue weighted by molar-refractivity contribution is 5.91. The van der Waals surface area contributed by atoms with E-state index in [-0.39, 0.29) is 12.5 Å². The molecule has 0 saturated heterocycles. The third-order valence-corrected chi connectivity index (χ3v) is 4.70. The largest absolute Gasteiger partial charge is 0.334 e. The number of carbonyl (C=O) groups is 1. The van der Waals surface area contributed by atoms with Crippen LogP contribution < -0.4 is 5.32 Å². The summed E-state index contributed by atoms with van der Waals surface area (Å²) >= 11 is 0. The fraction of sp³-hybridized carbons (Fsp3) is 0.136. The van der Waals surface area contributed by atoms with E-state index < -0.39 is 0 Å². The van der Waals surface area contributed by atoms with Gasteiger partial charge >= 0.3 is 0 Å². The molecule has 1 N–H and O–H groups in total. The number of aromatic nitrogens is 3. The number of nitrogens with one attached hydrogen (secondary N) is 1. The predicted octanol–water partition coefficient (Wildman–Crippen LogP) is 4.46. The Kier molecular flexibility index (Phi) is 4.76. The lowest BCUT2D eigenvalue weighted by atomic mass is 10.1. The molecule has 28 heavy (non-hydrogen) atoms. The van der Waals surface area contributed by atoms with Crippen molar-refractivity contribution < 1.29 is 9.32 Å². The highest BCUT2D eigenvalue weighted by Crippen LogP contribution is 2.23. The van der Waals surface area contributed by atoms with Crippen molar-refractivity contribution in [1.82, 2.24) is 14.7 Å². The second-order valence-electron chi connectivity index (χ2n) is 6.61. The number of rotatable bonds is 5. The fourth-order valence-corrected chi connectivity index (χ4v) is 3.01. The number of amides is 1. The average molecular weight is 372 g/mol. The molecule has 6 heteroatoms. The van der Waals surface area contributed by atoms with E-state index in [9.17, 15) is 4.79 Å². The molecule has 0 aliphatic heterocycles. The van der Waals surface area contributed by atoms with Crippen LogP contribution in [0.2, 0.25) is 0 Å². The zero-order chi connectivity index (χ0) is 19.5. The fourth-order valence-electron chi connectivity index (χ4n) is 3.01. The lowest BCUT2D eigenvalue weighted by molar-refractivity contribution is -0.116. The molecule has 1 amide bonds. The van der Waals surface area contributed by atoms with Crippen LogP contribution in [0.3, 0.4) is 0 Å². The number of aryl methyl sites for hydroxylation is 1. The second-order valence-corrected chi connectivity index (χ2v) is 6.61. The Hall–Kier alpha value is -3.67. The summed E-state index contributed by atoms with van der Waals surface area (Å²) in [6.07, 6.45) is 1.82. The summed E-state index contributed by atoms with van der Waals surface area (Å²) in [5, 5.41) is 7.02. The molecule has 0 unspecified atom stereocenters. The van der Waals surface area contributed by atoms with Crippen LogP contribution in [-0.4, -0.2) is 20.6 Å². The predicted molar refractivity (Wildman–Crippen MR) is 108 cm³/mol. The van der Waals surface area contributed by atoms with E-state index in [4.69, 9.17) is 4.52 Å². The van der Waals surface area contributed by atoms with Gasteiger partial charge in [0.25, 0.3) is 5.89 Å². The maximum absolute atomic E-state index is 12.6. The summed E-state index contributed by atoms with van der Waals surface area (Å²) in [5.74, 6) is 0.778. The normalized spacial score (nSPS) is 10.8. The summed E-state index contributed by atoms with van der Waals surface area (Å²) < 4.78 is 7.22. The topological polar surface area (TPSA) is 73.0 Å². The number of benzene rings is 2. The van der Waals surface area contributed by atoms with Gasteiger partial charge in [-0.25, -0.2) is 0 Å². The molecule has 0 fully saturated rings. The lowest BCUT2D eigenvalue weighted by Gasteiger charge is -2.11. The summed E-state index contributed by atoms with van der Waals surface area (Å²) in [6, 6.07) is 19.2. The summed E-state index contributed by atoms with van der Waals surface area (Å²) in [7, 11) is 0.